The Morgan fingerprint density at radius 3 is 2.40 bits per heavy atom. The number of rotatable bonds is 8. The van der Waals surface area contributed by atoms with Crippen molar-refractivity contribution in [3.63, 3.8) is 0 Å². The van der Waals surface area contributed by atoms with Crippen molar-refractivity contribution in [1.82, 2.24) is 0 Å². The monoisotopic (exact) mass is 341 g/mol. The van der Waals surface area contributed by atoms with Crippen LogP contribution in [-0.4, -0.2) is 19.1 Å². The van der Waals surface area contributed by atoms with Crippen molar-refractivity contribution >= 4 is 11.6 Å². The third-order valence-corrected chi connectivity index (χ3v) is 3.79. The number of hydrogen-bond acceptors (Lipinski definition) is 3. The molecule has 0 aliphatic carbocycles. The minimum atomic E-state index is -0.187. The molecule has 4 heteroatoms. The molecule has 2 aromatic rings. The van der Waals surface area contributed by atoms with E-state index >= 15 is 0 Å². The number of hydrogen-bond donors (Lipinski definition) is 1. The summed E-state index contributed by atoms with van der Waals surface area (Å²) in [6.07, 6.45) is 1.02. The molecule has 0 aromatic heterocycles. The molecule has 0 bridgehead atoms. The molecule has 0 atom stereocenters. The third-order valence-electron chi connectivity index (χ3n) is 3.79. The maximum Gasteiger partial charge on any atom is 0.262 e. The lowest BCUT2D eigenvalue weighted by Gasteiger charge is -2.11. The maximum atomic E-state index is 12.0. The van der Waals surface area contributed by atoms with Gasteiger partial charge in [0.25, 0.3) is 5.91 Å². The Morgan fingerprint density at radius 2 is 1.76 bits per heavy atom. The van der Waals surface area contributed by atoms with Crippen molar-refractivity contribution in [2.24, 2.45) is 5.92 Å². The zero-order chi connectivity index (χ0) is 18.2. The van der Waals surface area contributed by atoms with E-state index in [0.29, 0.717) is 12.5 Å². The Morgan fingerprint density at radius 1 is 1.04 bits per heavy atom. The summed E-state index contributed by atoms with van der Waals surface area (Å²) in [6, 6.07) is 13.3. The summed E-state index contributed by atoms with van der Waals surface area (Å²) in [5.74, 6) is 1.98. The normalized spacial score (nSPS) is 10.6. The zero-order valence-corrected chi connectivity index (χ0v) is 15.5. The molecular formula is C21H27NO3. The first-order chi connectivity index (χ1) is 11.9. The fraction of sp³-hybridized carbons (Fsp3) is 0.381. The van der Waals surface area contributed by atoms with Gasteiger partial charge in [-0.25, -0.2) is 0 Å². The Bertz CT molecular complexity index is 693. The lowest BCUT2D eigenvalue weighted by Crippen LogP contribution is -2.20. The largest absolute Gasteiger partial charge is 0.494 e. The number of amides is 1. The zero-order valence-electron chi connectivity index (χ0n) is 15.5. The highest BCUT2D eigenvalue weighted by atomic mass is 16.5. The molecule has 0 heterocycles. The molecule has 1 N–H and O–H groups in total. The molecular weight excluding hydrogens is 314 g/mol. The van der Waals surface area contributed by atoms with Gasteiger partial charge < -0.3 is 14.8 Å². The number of carbonyl (C=O) groups excluding carboxylic acids is 1. The van der Waals surface area contributed by atoms with Crippen LogP contribution in [0.5, 0.6) is 11.5 Å². The highest BCUT2D eigenvalue weighted by molar-refractivity contribution is 5.91. The van der Waals surface area contributed by atoms with Crippen LogP contribution < -0.4 is 14.8 Å². The molecule has 1 amide bonds. The lowest BCUT2D eigenvalue weighted by atomic mass is 10.1. The van der Waals surface area contributed by atoms with Crippen LogP contribution >= 0.6 is 0 Å². The van der Waals surface area contributed by atoms with Gasteiger partial charge in [-0.05, 0) is 62.1 Å². The number of carbonyl (C=O) groups is 1. The molecule has 25 heavy (non-hydrogen) atoms. The standard InChI is InChI=1S/C21H27NO3/c1-15(2)11-12-24-19-8-6-18(7-9-19)22-21(23)14-25-20-10-5-16(3)13-17(20)4/h5-10,13,15H,11-12,14H2,1-4H3,(H,22,23). The smallest absolute Gasteiger partial charge is 0.262 e. The maximum absolute atomic E-state index is 12.0. The summed E-state index contributed by atoms with van der Waals surface area (Å²) in [7, 11) is 0. The van der Waals surface area contributed by atoms with Crippen LogP contribution in [0.25, 0.3) is 0 Å². The van der Waals surface area contributed by atoms with Crippen LogP contribution in [0.2, 0.25) is 0 Å². The summed E-state index contributed by atoms with van der Waals surface area (Å²) < 4.78 is 11.3. The Labute approximate surface area is 150 Å². The molecule has 0 aliphatic rings. The van der Waals surface area contributed by atoms with E-state index in [9.17, 15) is 4.79 Å². The van der Waals surface area contributed by atoms with Gasteiger partial charge in [-0.1, -0.05) is 31.5 Å². The topological polar surface area (TPSA) is 47.6 Å². The Kier molecular flexibility index (Phi) is 6.87. The Hall–Kier alpha value is -2.49. The SMILES string of the molecule is Cc1ccc(OCC(=O)Nc2ccc(OCCC(C)C)cc2)c(C)c1. The summed E-state index contributed by atoms with van der Waals surface area (Å²) in [5, 5.41) is 2.83. The van der Waals surface area contributed by atoms with Gasteiger partial charge in [-0.2, -0.15) is 0 Å². The van der Waals surface area contributed by atoms with Crippen LogP contribution in [0, 0.1) is 19.8 Å². The van der Waals surface area contributed by atoms with Crippen molar-refractivity contribution in [3.05, 3.63) is 53.6 Å². The van der Waals surface area contributed by atoms with Gasteiger partial charge in [0.05, 0.1) is 6.61 Å². The quantitative estimate of drug-likeness (QED) is 0.754. The molecule has 0 unspecified atom stereocenters. The van der Waals surface area contributed by atoms with E-state index in [4.69, 9.17) is 9.47 Å². The fourth-order valence-electron chi connectivity index (χ4n) is 2.35. The second-order valence-corrected chi connectivity index (χ2v) is 6.66. The summed E-state index contributed by atoms with van der Waals surface area (Å²) in [6.45, 7) is 9.02. The molecule has 0 saturated carbocycles. The van der Waals surface area contributed by atoms with Gasteiger partial charge in [0.1, 0.15) is 11.5 Å². The molecule has 2 rings (SSSR count). The van der Waals surface area contributed by atoms with E-state index in [1.807, 2.05) is 56.3 Å². The average molecular weight is 341 g/mol. The van der Waals surface area contributed by atoms with E-state index in [1.54, 1.807) is 0 Å². The first-order valence-corrected chi connectivity index (χ1v) is 8.67. The number of nitrogens with one attached hydrogen (secondary N) is 1. The summed E-state index contributed by atoms with van der Waals surface area (Å²) in [5.41, 5.74) is 2.92. The van der Waals surface area contributed by atoms with E-state index < -0.39 is 0 Å². The van der Waals surface area contributed by atoms with Crippen LogP contribution in [0.15, 0.2) is 42.5 Å². The highest BCUT2D eigenvalue weighted by Gasteiger charge is 2.06. The molecule has 0 radical (unpaired) electrons. The second-order valence-electron chi connectivity index (χ2n) is 6.66. The first-order valence-electron chi connectivity index (χ1n) is 8.67. The number of anilines is 1. The predicted molar refractivity (Wildman–Crippen MR) is 101 cm³/mol. The van der Waals surface area contributed by atoms with Gasteiger partial charge >= 0.3 is 0 Å². The number of aryl methyl sites for hydroxylation is 2. The highest BCUT2D eigenvalue weighted by Crippen LogP contribution is 2.19. The number of benzene rings is 2. The molecule has 2 aromatic carbocycles. The third kappa shape index (κ3) is 6.49. The Balaban J connectivity index is 1.80. The van der Waals surface area contributed by atoms with Crippen LogP contribution in [-0.2, 0) is 4.79 Å². The molecule has 0 fully saturated rings. The molecule has 0 spiro atoms. The molecule has 0 saturated heterocycles. The first kappa shape index (κ1) is 18.8. The minimum Gasteiger partial charge on any atom is -0.494 e. The van der Waals surface area contributed by atoms with Gasteiger partial charge in [0, 0.05) is 5.69 Å². The van der Waals surface area contributed by atoms with Crippen LogP contribution in [0.1, 0.15) is 31.4 Å². The fourth-order valence-corrected chi connectivity index (χ4v) is 2.35. The van der Waals surface area contributed by atoms with Gasteiger partial charge in [0.2, 0.25) is 0 Å². The average Bonchev–Trinajstić information content (AvgIpc) is 2.55. The van der Waals surface area contributed by atoms with E-state index in [2.05, 4.69) is 19.2 Å². The summed E-state index contributed by atoms with van der Waals surface area (Å²) >= 11 is 0. The van der Waals surface area contributed by atoms with Crippen molar-refractivity contribution in [2.45, 2.75) is 34.1 Å². The van der Waals surface area contributed by atoms with Crippen molar-refractivity contribution < 1.29 is 14.3 Å². The molecule has 0 aliphatic heterocycles. The number of ether oxygens (including phenoxy) is 2. The van der Waals surface area contributed by atoms with Crippen molar-refractivity contribution in [2.75, 3.05) is 18.5 Å². The van der Waals surface area contributed by atoms with Crippen LogP contribution in [0.4, 0.5) is 5.69 Å². The lowest BCUT2D eigenvalue weighted by molar-refractivity contribution is -0.118. The van der Waals surface area contributed by atoms with Gasteiger partial charge in [0.15, 0.2) is 6.61 Å². The van der Waals surface area contributed by atoms with Crippen LogP contribution in [0.3, 0.4) is 0 Å². The van der Waals surface area contributed by atoms with E-state index in [1.165, 1.54) is 5.56 Å². The summed E-state index contributed by atoms with van der Waals surface area (Å²) in [4.78, 5) is 12.0. The van der Waals surface area contributed by atoms with E-state index in [0.717, 1.165) is 29.2 Å². The van der Waals surface area contributed by atoms with Gasteiger partial charge in [-0.15, -0.1) is 0 Å². The second kappa shape index (κ2) is 9.11. The van der Waals surface area contributed by atoms with Gasteiger partial charge in [-0.3, -0.25) is 4.79 Å². The molecule has 4 nitrogen and oxygen atoms in total. The predicted octanol–water partition coefficient (Wildman–Crippen LogP) is 4.75. The van der Waals surface area contributed by atoms with Crippen molar-refractivity contribution in [3.8, 4) is 11.5 Å². The minimum absolute atomic E-state index is 0.0173. The van der Waals surface area contributed by atoms with E-state index in [-0.39, 0.29) is 12.5 Å². The van der Waals surface area contributed by atoms with Crippen molar-refractivity contribution in [1.29, 1.82) is 0 Å². The molecule has 134 valence electrons.